The van der Waals surface area contributed by atoms with Gasteiger partial charge in [0, 0.05) is 11.1 Å². The van der Waals surface area contributed by atoms with Crippen molar-refractivity contribution in [3.8, 4) is 17.2 Å². The smallest absolute Gasteiger partial charge is 0.231 e. The van der Waals surface area contributed by atoms with E-state index >= 15 is 0 Å². The Morgan fingerprint density at radius 2 is 1.77 bits per heavy atom. The van der Waals surface area contributed by atoms with Gasteiger partial charge in [-0.3, -0.25) is 0 Å². The summed E-state index contributed by atoms with van der Waals surface area (Å²) in [5.41, 5.74) is 5.70. The van der Waals surface area contributed by atoms with Crippen LogP contribution in [0.15, 0.2) is 72.3 Å². The average Bonchev–Trinajstić information content (AvgIpc) is 3.39. The molecule has 1 N–H and O–H groups in total. The molecule has 5 nitrogen and oxygen atoms in total. The van der Waals surface area contributed by atoms with E-state index in [-0.39, 0.29) is 6.79 Å². The molecule has 0 spiro atoms. The van der Waals surface area contributed by atoms with Crippen molar-refractivity contribution in [3.05, 3.63) is 94.6 Å². The predicted octanol–water partition coefficient (Wildman–Crippen LogP) is 4.60. The van der Waals surface area contributed by atoms with Crippen LogP contribution in [0.2, 0.25) is 0 Å². The van der Waals surface area contributed by atoms with Gasteiger partial charge in [0.25, 0.3) is 0 Å². The molecular formula is C26H24O5. The molecule has 0 bridgehead atoms. The van der Waals surface area contributed by atoms with Crippen LogP contribution in [0.5, 0.6) is 17.2 Å². The SMILES string of the molecule is COc1ccc(C2(O)OCC(c3ccc4c(c3)OCO4)=C2Cc2cccc(C)c2)cc1. The number of fused-ring (bicyclic) bond motifs is 1. The summed E-state index contributed by atoms with van der Waals surface area (Å²) in [4.78, 5) is 0. The predicted molar refractivity (Wildman–Crippen MR) is 117 cm³/mol. The van der Waals surface area contributed by atoms with Crippen molar-refractivity contribution in [3.63, 3.8) is 0 Å². The first-order chi connectivity index (χ1) is 15.1. The number of ether oxygens (including phenoxy) is 4. The van der Waals surface area contributed by atoms with Gasteiger partial charge in [-0.05, 0) is 66.4 Å². The van der Waals surface area contributed by atoms with Crippen LogP contribution in [0.25, 0.3) is 5.57 Å². The van der Waals surface area contributed by atoms with Gasteiger partial charge in [-0.15, -0.1) is 0 Å². The lowest BCUT2D eigenvalue weighted by atomic mass is 9.88. The normalized spacial score (nSPS) is 19.7. The summed E-state index contributed by atoms with van der Waals surface area (Å²) in [6.45, 7) is 2.58. The molecule has 2 aliphatic rings. The van der Waals surface area contributed by atoms with E-state index in [1.807, 2.05) is 48.5 Å². The van der Waals surface area contributed by atoms with Gasteiger partial charge in [0.05, 0.1) is 13.7 Å². The molecular weight excluding hydrogens is 392 g/mol. The molecule has 2 aliphatic heterocycles. The lowest BCUT2D eigenvalue weighted by Gasteiger charge is -2.27. The Hall–Kier alpha value is -3.28. The first-order valence-corrected chi connectivity index (χ1v) is 10.3. The Balaban J connectivity index is 1.62. The summed E-state index contributed by atoms with van der Waals surface area (Å²) in [7, 11) is 1.62. The minimum absolute atomic E-state index is 0.222. The Morgan fingerprint density at radius 1 is 0.968 bits per heavy atom. The fourth-order valence-corrected chi connectivity index (χ4v) is 4.22. The molecule has 5 rings (SSSR count). The van der Waals surface area contributed by atoms with Crippen molar-refractivity contribution in [1.29, 1.82) is 0 Å². The van der Waals surface area contributed by atoms with E-state index in [1.165, 1.54) is 5.56 Å². The number of hydrogen-bond donors (Lipinski definition) is 1. The topological polar surface area (TPSA) is 57.2 Å². The largest absolute Gasteiger partial charge is 0.497 e. The van der Waals surface area contributed by atoms with Crippen LogP contribution in [-0.4, -0.2) is 25.6 Å². The van der Waals surface area contributed by atoms with E-state index in [0.717, 1.165) is 33.8 Å². The van der Waals surface area contributed by atoms with Gasteiger partial charge in [-0.2, -0.15) is 0 Å². The minimum Gasteiger partial charge on any atom is -0.497 e. The standard InChI is InChI=1S/C26H24O5/c1-17-4-3-5-18(12-17)13-23-22(19-6-11-24-25(14-19)30-16-29-24)15-31-26(23,27)20-7-9-21(28-2)10-8-20/h3-12,14,27H,13,15-16H2,1-2H3. The van der Waals surface area contributed by atoms with Gasteiger partial charge >= 0.3 is 0 Å². The first-order valence-electron chi connectivity index (χ1n) is 10.3. The summed E-state index contributed by atoms with van der Waals surface area (Å²) in [5, 5.41) is 11.8. The molecule has 3 aromatic rings. The highest BCUT2D eigenvalue weighted by Crippen LogP contribution is 2.45. The Bertz CT molecular complexity index is 1150. The van der Waals surface area contributed by atoms with Gasteiger partial charge in [-0.25, -0.2) is 0 Å². The monoisotopic (exact) mass is 416 g/mol. The third-order valence-electron chi connectivity index (χ3n) is 5.86. The van der Waals surface area contributed by atoms with Gasteiger partial charge in [0.15, 0.2) is 11.5 Å². The highest BCUT2D eigenvalue weighted by Gasteiger charge is 2.42. The van der Waals surface area contributed by atoms with Crippen LogP contribution < -0.4 is 14.2 Å². The Labute approximate surface area is 181 Å². The van der Waals surface area contributed by atoms with Crippen molar-refractivity contribution in [1.82, 2.24) is 0 Å². The second kappa shape index (κ2) is 7.76. The van der Waals surface area contributed by atoms with E-state index < -0.39 is 5.79 Å². The van der Waals surface area contributed by atoms with Crippen LogP contribution in [-0.2, 0) is 16.9 Å². The quantitative estimate of drug-likeness (QED) is 0.659. The van der Waals surface area contributed by atoms with E-state index in [9.17, 15) is 5.11 Å². The molecule has 0 fully saturated rings. The summed E-state index contributed by atoms with van der Waals surface area (Å²) in [6, 6.07) is 21.5. The Morgan fingerprint density at radius 3 is 2.55 bits per heavy atom. The number of aliphatic hydroxyl groups is 1. The number of methoxy groups -OCH3 is 1. The summed E-state index contributed by atoms with van der Waals surface area (Å²) in [5.74, 6) is 0.640. The second-order valence-corrected chi connectivity index (χ2v) is 7.85. The Kier molecular flexibility index (Phi) is 4.93. The summed E-state index contributed by atoms with van der Waals surface area (Å²) >= 11 is 0. The summed E-state index contributed by atoms with van der Waals surface area (Å²) < 4.78 is 22.4. The van der Waals surface area contributed by atoms with Crippen molar-refractivity contribution >= 4 is 5.57 Å². The van der Waals surface area contributed by atoms with Crippen LogP contribution in [0.4, 0.5) is 0 Å². The molecule has 0 saturated carbocycles. The molecule has 0 saturated heterocycles. The van der Waals surface area contributed by atoms with Crippen molar-refractivity contribution in [2.75, 3.05) is 20.5 Å². The highest BCUT2D eigenvalue weighted by atomic mass is 16.7. The molecule has 0 aromatic heterocycles. The van der Waals surface area contributed by atoms with Gasteiger partial charge in [0.1, 0.15) is 5.75 Å². The maximum Gasteiger partial charge on any atom is 0.231 e. The van der Waals surface area contributed by atoms with Gasteiger partial charge in [0.2, 0.25) is 12.6 Å². The number of aryl methyl sites for hydroxylation is 1. The first kappa shape index (κ1) is 19.7. The maximum absolute atomic E-state index is 11.8. The molecule has 31 heavy (non-hydrogen) atoms. The molecule has 0 aliphatic carbocycles. The zero-order valence-electron chi connectivity index (χ0n) is 17.6. The lowest BCUT2D eigenvalue weighted by Crippen LogP contribution is -2.29. The molecule has 158 valence electrons. The molecule has 2 heterocycles. The van der Waals surface area contributed by atoms with Crippen LogP contribution in [0.1, 0.15) is 22.3 Å². The molecule has 0 amide bonds. The van der Waals surface area contributed by atoms with Crippen molar-refractivity contribution in [2.24, 2.45) is 0 Å². The molecule has 3 aromatic carbocycles. The van der Waals surface area contributed by atoms with Crippen LogP contribution in [0, 0.1) is 6.92 Å². The van der Waals surface area contributed by atoms with E-state index in [2.05, 4.69) is 25.1 Å². The average molecular weight is 416 g/mol. The third-order valence-corrected chi connectivity index (χ3v) is 5.86. The molecule has 5 heteroatoms. The number of hydrogen-bond acceptors (Lipinski definition) is 5. The fourth-order valence-electron chi connectivity index (χ4n) is 4.22. The van der Waals surface area contributed by atoms with Crippen molar-refractivity contribution in [2.45, 2.75) is 19.1 Å². The van der Waals surface area contributed by atoms with Crippen LogP contribution >= 0.6 is 0 Å². The van der Waals surface area contributed by atoms with E-state index in [1.54, 1.807) is 7.11 Å². The lowest BCUT2D eigenvalue weighted by molar-refractivity contribution is -0.162. The summed E-state index contributed by atoms with van der Waals surface area (Å²) in [6.07, 6.45) is 0.563. The van der Waals surface area contributed by atoms with Gasteiger partial charge in [-0.1, -0.05) is 35.9 Å². The van der Waals surface area contributed by atoms with Crippen LogP contribution in [0.3, 0.4) is 0 Å². The fraction of sp³-hybridized carbons (Fsp3) is 0.231. The highest BCUT2D eigenvalue weighted by molar-refractivity contribution is 5.75. The number of rotatable bonds is 5. The van der Waals surface area contributed by atoms with E-state index in [0.29, 0.717) is 24.3 Å². The zero-order chi connectivity index (χ0) is 21.4. The van der Waals surface area contributed by atoms with E-state index in [4.69, 9.17) is 18.9 Å². The minimum atomic E-state index is -1.53. The molecule has 0 radical (unpaired) electrons. The maximum atomic E-state index is 11.8. The molecule has 1 unspecified atom stereocenters. The van der Waals surface area contributed by atoms with Crippen molar-refractivity contribution < 1.29 is 24.1 Å². The zero-order valence-corrected chi connectivity index (χ0v) is 17.6. The third kappa shape index (κ3) is 3.56. The van der Waals surface area contributed by atoms with Gasteiger partial charge < -0.3 is 24.1 Å². The second-order valence-electron chi connectivity index (χ2n) is 7.85. The molecule has 1 atom stereocenters. The number of benzene rings is 3.